The van der Waals surface area contributed by atoms with E-state index >= 15 is 0 Å². The Balaban J connectivity index is 1.89. The summed E-state index contributed by atoms with van der Waals surface area (Å²) in [6.45, 7) is 0. The summed E-state index contributed by atoms with van der Waals surface area (Å²) < 4.78 is 17.6. The van der Waals surface area contributed by atoms with Crippen molar-refractivity contribution < 1.29 is 4.21 Å². The van der Waals surface area contributed by atoms with Gasteiger partial charge < -0.3 is 0 Å². The first-order valence-corrected chi connectivity index (χ1v) is 10.7. The van der Waals surface area contributed by atoms with Crippen molar-refractivity contribution in [2.45, 2.75) is 9.79 Å². The van der Waals surface area contributed by atoms with E-state index < -0.39 is 9.73 Å². The number of hydrogen-bond donors (Lipinski definition) is 0. The minimum Gasteiger partial charge on any atom is -0.245 e. The molecular formula is C21H19NOS2. The largest absolute Gasteiger partial charge is 0.245 e. The Morgan fingerprint density at radius 3 is 2.16 bits per heavy atom. The number of benzene rings is 3. The molecular weight excluding hydrogens is 346 g/mol. The second-order valence-electron chi connectivity index (χ2n) is 5.50. The fraction of sp³-hybridized carbons (Fsp3) is 0.0476. The van der Waals surface area contributed by atoms with Crippen molar-refractivity contribution in [1.29, 1.82) is 0 Å². The Morgan fingerprint density at radius 2 is 1.44 bits per heavy atom. The molecule has 0 heterocycles. The lowest BCUT2D eigenvalue weighted by Crippen LogP contribution is -1.96. The van der Waals surface area contributed by atoms with E-state index in [1.54, 1.807) is 18.0 Å². The molecule has 0 fully saturated rings. The third kappa shape index (κ3) is 4.84. The summed E-state index contributed by atoms with van der Waals surface area (Å²) in [7, 11) is -2.48. The molecule has 3 rings (SSSR count). The summed E-state index contributed by atoms with van der Waals surface area (Å²) in [4.78, 5) is 1.92. The van der Waals surface area contributed by atoms with Gasteiger partial charge in [-0.05, 0) is 41.8 Å². The maximum absolute atomic E-state index is 13.0. The maximum atomic E-state index is 13.0. The Bertz CT molecular complexity index is 973. The van der Waals surface area contributed by atoms with E-state index in [4.69, 9.17) is 0 Å². The van der Waals surface area contributed by atoms with Crippen LogP contribution in [0.5, 0.6) is 0 Å². The molecule has 0 radical (unpaired) electrons. The summed E-state index contributed by atoms with van der Waals surface area (Å²) in [6.07, 6.45) is 3.69. The second kappa shape index (κ2) is 8.19. The number of nitrogens with zero attached hydrogens (tertiary/aromatic N) is 1. The Labute approximate surface area is 153 Å². The Morgan fingerprint density at radius 1 is 0.840 bits per heavy atom. The molecule has 3 aromatic rings. The lowest BCUT2D eigenvalue weighted by Gasteiger charge is -2.06. The normalized spacial score (nSPS) is 13.5. The minimum absolute atomic E-state index is 0.740. The van der Waals surface area contributed by atoms with Crippen LogP contribution in [0, 0.1) is 0 Å². The molecule has 0 unspecified atom stereocenters. The number of thioether (sulfide) groups is 1. The monoisotopic (exact) mass is 365 g/mol. The van der Waals surface area contributed by atoms with Crippen molar-refractivity contribution in [3.63, 3.8) is 0 Å². The van der Waals surface area contributed by atoms with Crippen LogP contribution in [0.15, 0.2) is 104 Å². The first kappa shape index (κ1) is 17.5. The third-order valence-electron chi connectivity index (χ3n) is 3.58. The quantitative estimate of drug-likeness (QED) is 0.501. The van der Waals surface area contributed by atoms with Crippen LogP contribution < -0.4 is 0 Å². The van der Waals surface area contributed by atoms with E-state index in [1.165, 1.54) is 4.90 Å². The first-order chi connectivity index (χ1) is 12.1. The maximum Gasteiger partial charge on any atom is 0.0806 e. The highest BCUT2D eigenvalue weighted by Gasteiger charge is 2.07. The average molecular weight is 366 g/mol. The fourth-order valence-electron chi connectivity index (χ4n) is 2.31. The number of rotatable bonds is 5. The van der Waals surface area contributed by atoms with Crippen LogP contribution in [0.4, 0.5) is 5.69 Å². The van der Waals surface area contributed by atoms with Crippen molar-refractivity contribution in [3.8, 4) is 0 Å². The van der Waals surface area contributed by atoms with Crippen LogP contribution in [-0.2, 0) is 9.73 Å². The zero-order chi connectivity index (χ0) is 17.5. The zero-order valence-electron chi connectivity index (χ0n) is 13.9. The van der Waals surface area contributed by atoms with Gasteiger partial charge in [0.05, 0.1) is 15.4 Å². The van der Waals surface area contributed by atoms with E-state index in [2.05, 4.69) is 16.5 Å². The van der Waals surface area contributed by atoms with Gasteiger partial charge in [0, 0.05) is 21.6 Å². The van der Waals surface area contributed by atoms with E-state index in [0.717, 1.165) is 16.1 Å². The lowest BCUT2D eigenvalue weighted by atomic mass is 10.2. The molecule has 0 aliphatic rings. The molecule has 1 atom stereocenters. The predicted octanol–water partition coefficient (Wildman–Crippen LogP) is 6.24. The highest BCUT2D eigenvalue weighted by Crippen LogP contribution is 2.26. The Kier molecular flexibility index (Phi) is 5.74. The average Bonchev–Trinajstić information content (AvgIpc) is 2.64. The van der Waals surface area contributed by atoms with Gasteiger partial charge in [-0.1, -0.05) is 66.4 Å². The molecule has 0 aromatic heterocycles. The van der Waals surface area contributed by atoms with E-state index in [-0.39, 0.29) is 0 Å². The molecule has 3 aromatic carbocycles. The topological polar surface area (TPSA) is 29.4 Å². The summed E-state index contributed by atoms with van der Waals surface area (Å²) in [5.74, 6) is 0. The van der Waals surface area contributed by atoms with Gasteiger partial charge in [0.25, 0.3) is 0 Å². The highest BCUT2D eigenvalue weighted by molar-refractivity contribution is 8.02. The van der Waals surface area contributed by atoms with Crippen molar-refractivity contribution in [2.75, 3.05) is 6.26 Å². The van der Waals surface area contributed by atoms with E-state index in [9.17, 15) is 4.21 Å². The van der Waals surface area contributed by atoms with Gasteiger partial charge in [-0.15, -0.1) is 0 Å². The van der Waals surface area contributed by atoms with Gasteiger partial charge in [-0.2, -0.15) is 4.36 Å². The molecule has 4 heteroatoms. The highest BCUT2D eigenvalue weighted by atomic mass is 32.2. The van der Waals surface area contributed by atoms with Gasteiger partial charge >= 0.3 is 0 Å². The van der Waals surface area contributed by atoms with Crippen LogP contribution in [-0.4, -0.2) is 10.5 Å². The molecule has 0 N–H and O–H groups in total. The fourth-order valence-corrected chi connectivity index (χ4v) is 4.31. The van der Waals surface area contributed by atoms with Crippen molar-refractivity contribution in [1.82, 2.24) is 0 Å². The van der Waals surface area contributed by atoms with Crippen LogP contribution in [0.2, 0.25) is 0 Å². The SMILES string of the molecule is C[S@@](=O)(=Nc1ccccc1/C=C/Sc1ccccc1)c1ccccc1. The summed E-state index contributed by atoms with van der Waals surface area (Å²) in [6, 6.07) is 27.3. The molecule has 126 valence electrons. The van der Waals surface area contributed by atoms with E-state index in [1.807, 2.05) is 84.3 Å². The van der Waals surface area contributed by atoms with Crippen LogP contribution in [0.1, 0.15) is 5.56 Å². The summed E-state index contributed by atoms with van der Waals surface area (Å²) in [5.41, 5.74) is 1.69. The van der Waals surface area contributed by atoms with Crippen molar-refractivity contribution >= 4 is 33.3 Å². The van der Waals surface area contributed by atoms with Crippen molar-refractivity contribution in [2.24, 2.45) is 4.36 Å². The molecule has 0 amide bonds. The van der Waals surface area contributed by atoms with Gasteiger partial charge in [-0.25, -0.2) is 4.21 Å². The summed E-state index contributed by atoms with van der Waals surface area (Å²) in [5, 5.41) is 2.03. The predicted molar refractivity (Wildman–Crippen MR) is 109 cm³/mol. The first-order valence-electron chi connectivity index (χ1n) is 7.90. The van der Waals surface area contributed by atoms with Crippen LogP contribution >= 0.6 is 11.8 Å². The van der Waals surface area contributed by atoms with Gasteiger partial charge in [0.2, 0.25) is 0 Å². The van der Waals surface area contributed by atoms with Gasteiger partial charge in [-0.3, -0.25) is 0 Å². The molecule has 0 bridgehead atoms. The smallest absolute Gasteiger partial charge is 0.0806 e. The van der Waals surface area contributed by atoms with Crippen LogP contribution in [0.3, 0.4) is 0 Å². The zero-order valence-corrected chi connectivity index (χ0v) is 15.5. The van der Waals surface area contributed by atoms with Gasteiger partial charge in [0.1, 0.15) is 0 Å². The molecule has 0 saturated carbocycles. The van der Waals surface area contributed by atoms with Crippen LogP contribution in [0.25, 0.3) is 6.08 Å². The van der Waals surface area contributed by atoms with Crippen molar-refractivity contribution in [3.05, 3.63) is 95.9 Å². The molecule has 0 spiro atoms. The Hall–Kier alpha value is -2.30. The number of hydrogen-bond acceptors (Lipinski definition) is 3. The molecule has 2 nitrogen and oxygen atoms in total. The minimum atomic E-state index is -2.48. The molecule has 25 heavy (non-hydrogen) atoms. The summed E-state index contributed by atoms with van der Waals surface area (Å²) >= 11 is 1.64. The molecule has 0 saturated heterocycles. The standard InChI is InChI=1S/C21H19NOS2/c1-25(23,20-13-6-3-7-14-20)22-21-15-9-8-10-18(21)16-17-24-19-11-4-2-5-12-19/h2-17H,1H3/b17-16+/t25-/m0/s1. The lowest BCUT2D eigenvalue weighted by molar-refractivity contribution is 0.681. The molecule has 0 aliphatic carbocycles. The van der Waals surface area contributed by atoms with Gasteiger partial charge in [0.15, 0.2) is 0 Å². The third-order valence-corrected chi connectivity index (χ3v) is 6.09. The van der Waals surface area contributed by atoms with E-state index in [0.29, 0.717) is 0 Å². The molecule has 0 aliphatic heterocycles. The second-order valence-corrected chi connectivity index (χ2v) is 8.74.